The van der Waals surface area contributed by atoms with Crippen LogP contribution in [0.5, 0.6) is 5.75 Å². The van der Waals surface area contributed by atoms with Crippen LogP contribution in [0.15, 0.2) is 51.8 Å². The van der Waals surface area contributed by atoms with Crippen molar-refractivity contribution in [2.75, 3.05) is 26.0 Å². The van der Waals surface area contributed by atoms with E-state index in [1.165, 1.54) is 26.3 Å². The molecule has 0 bridgehead atoms. The predicted octanol–water partition coefficient (Wildman–Crippen LogP) is 3.03. The molecule has 1 N–H and O–H groups in total. The van der Waals surface area contributed by atoms with E-state index < -0.39 is 15.9 Å². The fourth-order valence-corrected chi connectivity index (χ4v) is 3.96. The second kappa shape index (κ2) is 7.99. The number of aryl methyl sites for hydroxylation is 1. The number of halogens is 1. The van der Waals surface area contributed by atoms with Crippen LogP contribution in [0.2, 0.25) is 0 Å². The summed E-state index contributed by atoms with van der Waals surface area (Å²) in [7, 11) is -0.934. The first kappa shape index (κ1) is 19.4. The highest BCUT2D eigenvalue weighted by atomic mass is 79.9. The first-order valence-corrected chi connectivity index (χ1v) is 9.63. The summed E-state index contributed by atoms with van der Waals surface area (Å²) in [5.74, 6) is 0.112. The molecule has 8 heteroatoms. The Morgan fingerprint density at radius 2 is 1.84 bits per heavy atom. The zero-order valence-electron chi connectivity index (χ0n) is 14.1. The van der Waals surface area contributed by atoms with Crippen molar-refractivity contribution >= 4 is 37.5 Å². The second-order valence-corrected chi connectivity index (χ2v) is 8.37. The minimum Gasteiger partial charge on any atom is -0.496 e. The third-order valence-electron chi connectivity index (χ3n) is 3.53. The number of sulfonamides is 1. The van der Waals surface area contributed by atoms with Crippen LogP contribution < -0.4 is 10.1 Å². The molecule has 0 heterocycles. The van der Waals surface area contributed by atoms with E-state index >= 15 is 0 Å². The number of carbonyl (C=O) groups excluding carboxylic acids is 1. The van der Waals surface area contributed by atoms with Crippen molar-refractivity contribution < 1.29 is 17.9 Å². The van der Waals surface area contributed by atoms with Gasteiger partial charge in [0.1, 0.15) is 5.75 Å². The fourth-order valence-electron chi connectivity index (χ4n) is 2.11. The van der Waals surface area contributed by atoms with E-state index in [0.29, 0.717) is 15.9 Å². The SMILES string of the molecule is COc1ccc(S(=O)(=O)N(C)CC(=O)Nc2ccc(C)cc2)cc1Br. The van der Waals surface area contributed by atoms with Crippen molar-refractivity contribution in [1.82, 2.24) is 4.31 Å². The summed E-state index contributed by atoms with van der Waals surface area (Å²) in [5.41, 5.74) is 1.69. The third-order valence-corrected chi connectivity index (χ3v) is 5.95. The van der Waals surface area contributed by atoms with Gasteiger partial charge in [0.15, 0.2) is 0 Å². The Kier molecular flexibility index (Phi) is 6.21. The highest BCUT2D eigenvalue weighted by Gasteiger charge is 2.24. The number of amides is 1. The molecule has 1 amide bonds. The van der Waals surface area contributed by atoms with Crippen molar-refractivity contribution in [2.45, 2.75) is 11.8 Å². The quantitative estimate of drug-likeness (QED) is 0.769. The zero-order chi connectivity index (χ0) is 18.6. The Hall–Kier alpha value is -1.90. The molecule has 2 aromatic rings. The minimum atomic E-state index is -3.79. The maximum atomic E-state index is 12.6. The molecule has 2 rings (SSSR count). The summed E-state index contributed by atoms with van der Waals surface area (Å²) in [6.07, 6.45) is 0. The lowest BCUT2D eigenvalue weighted by Gasteiger charge is -2.17. The van der Waals surface area contributed by atoms with Gasteiger partial charge in [-0.25, -0.2) is 8.42 Å². The lowest BCUT2D eigenvalue weighted by Crippen LogP contribution is -2.35. The van der Waals surface area contributed by atoms with Crippen molar-refractivity contribution in [2.24, 2.45) is 0 Å². The molecule has 0 saturated heterocycles. The van der Waals surface area contributed by atoms with Crippen molar-refractivity contribution in [3.63, 3.8) is 0 Å². The van der Waals surface area contributed by atoms with E-state index in [1.807, 2.05) is 19.1 Å². The molecule has 0 unspecified atom stereocenters. The number of anilines is 1. The molecule has 0 aliphatic heterocycles. The monoisotopic (exact) mass is 426 g/mol. The number of carbonyl (C=O) groups is 1. The Labute approximate surface area is 156 Å². The van der Waals surface area contributed by atoms with E-state index in [0.717, 1.165) is 9.87 Å². The average molecular weight is 427 g/mol. The normalized spacial score (nSPS) is 11.4. The fraction of sp³-hybridized carbons (Fsp3) is 0.235. The summed E-state index contributed by atoms with van der Waals surface area (Å²) in [4.78, 5) is 12.2. The molecule has 0 fully saturated rings. The average Bonchev–Trinajstić information content (AvgIpc) is 2.56. The number of hydrogen-bond acceptors (Lipinski definition) is 4. The number of nitrogens with zero attached hydrogens (tertiary/aromatic N) is 1. The lowest BCUT2D eigenvalue weighted by atomic mass is 10.2. The van der Waals surface area contributed by atoms with E-state index in [2.05, 4.69) is 21.2 Å². The second-order valence-electron chi connectivity index (χ2n) is 5.47. The molecule has 134 valence electrons. The highest BCUT2D eigenvalue weighted by molar-refractivity contribution is 9.10. The third kappa shape index (κ3) is 4.81. The molecule has 25 heavy (non-hydrogen) atoms. The molecular weight excluding hydrogens is 408 g/mol. The van der Waals surface area contributed by atoms with Gasteiger partial charge in [-0.15, -0.1) is 0 Å². The Balaban J connectivity index is 2.10. The highest BCUT2D eigenvalue weighted by Crippen LogP contribution is 2.28. The van der Waals surface area contributed by atoms with Gasteiger partial charge in [0.25, 0.3) is 0 Å². The maximum absolute atomic E-state index is 12.6. The molecule has 2 aromatic carbocycles. The number of rotatable bonds is 6. The van der Waals surface area contributed by atoms with Gasteiger partial charge < -0.3 is 10.1 Å². The minimum absolute atomic E-state index is 0.0748. The van der Waals surface area contributed by atoms with Gasteiger partial charge in [0.05, 0.1) is 23.0 Å². The van der Waals surface area contributed by atoms with Gasteiger partial charge in [-0.1, -0.05) is 17.7 Å². The predicted molar refractivity (Wildman–Crippen MR) is 100 cm³/mol. The van der Waals surface area contributed by atoms with E-state index in [9.17, 15) is 13.2 Å². The first-order chi connectivity index (χ1) is 11.7. The molecule has 0 radical (unpaired) electrons. The van der Waals surface area contributed by atoms with Gasteiger partial charge in [0.2, 0.25) is 15.9 Å². The topological polar surface area (TPSA) is 75.7 Å². The van der Waals surface area contributed by atoms with Crippen LogP contribution in [-0.4, -0.2) is 39.3 Å². The van der Waals surface area contributed by atoms with Crippen LogP contribution in [-0.2, 0) is 14.8 Å². The maximum Gasteiger partial charge on any atom is 0.243 e. The molecule has 0 atom stereocenters. The number of benzene rings is 2. The van der Waals surface area contributed by atoms with Crippen LogP contribution in [0.25, 0.3) is 0 Å². The van der Waals surface area contributed by atoms with Crippen LogP contribution in [0.4, 0.5) is 5.69 Å². The molecule has 0 aromatic heterocycles. The molecular formula is C17H19BrN2O4S. The molecule has 0 saturated carbocycles. The van der Waals surface area contributed by atoms with E-state index in [4.69, 9.17) is 4.74 Å². The van der Waals surface area contributed by atoms with Gasteiger partial charge in [-0.05, 0) is 53.2 Å². The van der Waals surface area contributed by atoms with Crippen molar-refractivity contribution in [3.05, 3.63) is 52.5 Å². The van der Waals surface area contributed by atoms with Crippen LogP contribution in [0.1, 0.15) is 5.56 Å². The summed E-state index contributed by atoms with van der Waals surface area (Å²) in [6, 6.07) is 11.7. The summed E-state index contributed by atoms with van der Waals surface area (Å²) in [5, 5.41) is 2.68. The van der Waals surface area contributed by atoms with Gasteiger partial charge in [0, 0.05) is 12.7 Å². The molecule has 6 nitrogen and oxygen atoms in total. The Morgan fingerprint density at radius 3 is 2.40 bits per heavy atom. The van der Waals surface area contributed by atoms with E-state index in [-0.39, 0.29) is 11.4 Å². The van der Waals surface area contributed by atoms with Crippen LogP contribution >= 0.6 is 15.9 Å². The number of methoxy groups -OCH3 is 1. The van der Waals surface area contributed by atoms with Gasteiger partial charge in [-0.2, -0.15) is 4.31 Å². The smallest absolute Gasteiger partial charge is 0.243 e. The standard InChI is InChI=1S/C17H19BrN2O4S/c1-12-4-6-13(7-5-12)19-17(21)11-20(2)25(22,23)14-8-9-16(24-3)15(18)10-14/h4-10H,11H2,1-3H3,(H,19,21). The Morgan fingerprint density at radius 1 is 1.20 bits per heavy atom. The largest absolute Gasteiger partial charge is 0.496 e. The zero-order valence-corrected chi connectivity index (χ0v) is 16.5. The van der Waals surface area contributed by atoms with Crippen LogP contribution in [0.3, 0.4) is 0 Å². The van der Waals surface area contributed by atoms with Crippen molar-refractivity contribution in [3.8, 4) is 5.75 Å². The number of hydrogen-bond donors (Lipinski definition) is 1. The van der Waals surface area contributed by atoms with Gasteiger partial charge in [-0.3, -0.25) is 4.79 Å². The van der Waals surface area contributed by atoms with Gasteiger partial charge >= 0.3 is 0 Å². The molecule has 0 spiro atoms. The summed E-state index contributed by atoms with van der Waals surface area (Å²) >= 11 is 3.26. The lowest BCUT2D eigenvalue weighted by molar-refractivity contribution is -0.116. The number of ether oxygens (including phenoxy) is 1. The first-order valence-electron chi connectivity index (χ1n) is 7.40. The Bertz CT molecular complexity index is 867. The van der Waals surface area contributed by atoms with Crippen molar-refractivity contribution in [1.29, 1.82) is 0 Å². The van der Waals surface area contributed by atoms with E-state index in [1.54, 1.807) is 18.2 Å². The summed E-state index contributed by atoms with van der Waals surface area (Å²) < 4.78 is 31.8. The number of likely N-dealkylation sites (N-methyl/N-ethyl adjacent to an activating group) is 1. The molecule has 0 aliphatic rings. The van der Waals surface area contributed by atoms with Crippen LogP contribution in [0, 0.1) is 6.92 Å². The number of nitrogens with one attached hydrogen (secondary N) is 1. The molecule has 0 aliphatic carbocycles. The summed E-state index contributed by atoms with van der Waals surface area (Å²) in [6.45, 7) is 1.65.